The minimum Gasteiger partial charge on any atom is -0.356 e. The van der Waals surface area contributed by atoms with E-state index in [0.717, 1.165) is 53.5 Å². The molecule has 0 unspecified atom stereocenters. The van der Waals surface area contributed by atoms with Crippen molar-refractivity contribution < 1.29 is 26.3 Å². The first-order chi connectivity index (χ1) is 19.8. The molecule has 42 heavy (non-hydrogen) atoms. The van der Waals surface area contributed by atoms with Gasteiger partial charge < -0.3 is 9.80 Å². The van der Waals surface area contributed by atoms with Crippen LogP contribution in [0, 0.1) is 5.92 Å². The molecule has 0 radical (unpaired) electrons. The first-order valence-corrected chi connectivity index (χ1v) is 14.0. The number of aryl methyl sites for hydroxylation is 1. The molecule has 0 spiro atoms. The third-order valence-electron chi connectivity index (χ3n) is 7.52. The van der Waals surface area contributed by atoms with Gasteiger partial charge in [-0.15, -0.1) is 5.10 Å². The maximum Gasteiger partial charge on any atom is 0.416 e. The van der Waals surface area contributed by atoms with Crippen LogP contribution in [0.1, 0.15) is 68.7 Å². The van der Waals surface area contributed by atoms with E-state index in [9.17, 15) is 26.3 Å². The molecule has 0 amide bonds. The Bertz CT molecular complexity index is 1460. The van der Waals surface area contributed by atoms with Crippen LogP contribution < -0.4 is 20.4 Å². The topological polar surface area (TPSA) is 63.0 Å². The Labute approximate surface area is 240 Å². The van der Waals surface area contributed by atoms with E-state index in [-0.39, 0.29) is 30.7 Å². The van der Waals surface area contributed by atoms with E-state index in [4.69, 9.17) is 4.98 Å². The molecule has 0 atom stereocenters. The Hall–Kier alpha value is -3.64. The maximum atomic E-state index is 13.6. The number of pyridine rings is 1. The fourth-order valence-electron chi connectivity index (χ4n) is 5.43. The number of anilines is 2. The molecule has 1 aliphatic carbocycles. The minimum atomic E-state index is -4.96. The van der Waals surface area contributed by atoms with Gasteiger partial charge in [0, 0.05) is 31.7 Å². The van der Waals surface area contributed by atoms with Gasteiger partial charge in [0.25, 0.3) is 5.95 Å². The Morgan fingerprint density at radius 1 is 0.905 bits per heavy atom. The van der Waals surface area contributed by atoms with Gasteiger partial charge in [-0.3, -0.25) is 0 Å². The number of alkyl halides is 6. The molecule has 7 nitrogen and oxygen atoms in total. The van der Waals surface area contributed by atoms with Crippen molar-refractivity contribution in [3.8, 4) is 0 Å². The molecule has 1 aliphatic rings. The van der Waals surface area contributed by atoms with Crippen molar-refractivity contribution in [1.29, 1.82) is 0 Å². The van der Waals surface area contributed by atoms with E-state index in [2.05, 4.69) is 20.3 Å². The number of benzene rings is 1. The summed E-state index contributed by atoms with van der Waals surface area (Å²) in [4.78, 5) is 9.90. The molecule has 1 aromatic carbocycles. The van der Waals surface area contributed by atoms with Crippen LogP contribution in [0.5, 0.6) is 0 Å². The molecule has 2 heterocycles. The van der Waals surface area contributed by atoms with Crippen molar-refractivity contribution in [3.05, 3.63) is 57.1 Å². The van der Waals surface area contributed by atoms with E-state index in [1.165, 1.54) is 29.6 Å². The average molecular weight is 596 g/mol. The maximum absolute atomic E-state index is 13.6. The number of hydrogen-bond donors (Lipinski definition) is 0. The van der Waals surface area contributed by atoms with Crippen LogP contribution in [0.4, 0.5) is 38.1 Å². The molecule has 1 fully saturated rings. The number of halogens is 6. The lowest BCUT2D eigenvalue weighted by molar-refractivity contribution is -0.143. The first kappa shape index (κ1) is 31.3. The smallest absolute Gasteiger partial charge is 0.356 e. The van der Waals surface area contributed by atoms with Crippen molar-refractivity contribution in [1.82, 2.24) is 25.2 Å². The van der Waals surface area contributed by atoms with Crippen molar-refractivity contribution in [2.75, 3.05) is 22.9 Å². The van der Waals surface area contributed by atoms with Crippen molar-refractivity contribution >= 4 is 23.9 Å². The highest BCUT2D eigenvalue weighted by molar-refractivity contribution is 5.51. The fraction of sp³-hybridized carbons (Fsp3) is 0.517. The van der Waals surface area contributed by atoms with Gasteiger partial charge in [-0.05, 0) is 79.8 Å². The van der Waals surface area contributed by atoms with Crippen molar-refractivity contribution in [3.63, 3.8) is 0 Å². The number of hydrogen-bond acceptors (Lipinski definition) is 6. The van der Waals surface area contributed by atoms with Crippen LogP contribution in [0.25, 0.3) is 12.2 Å². The van der Waals surface area contributed by atoms with Gasteiger partial charge in [0.05, 0.1) is 23.5 Å². The molecule has 228 valence electrons. The molecule has 3 aromatic rings. The Balaban J connectivity index is 1.81. The summed E-state index contributed by atoms with van der Waals surface area (Å²) < 4.78 is 81.7. The van der Waals surface area contributed by atoms with Gasteiger partial charge in [0.15, 0.2) is 0 Å². The normalized spacial score (nSPS) is 15.6. The Morgan fingerprint density at radius 3 is 2.05 bits per heavy atom. The zero-order chi connectivity index (χ0) is 30.7. The molecule has 0 bridgehead atoms. The number of aromatic nitrogens is 5. The minimum absolute atomic E-state index is 0.0708. The molecular weight excluding hydrogens is 560 g/mol. The van der Waals surface area contributed by atoms with E-state index in [1.54, 1.807) is 0 Å². The highest BCUT2D eigenvalue weighted by Crippen LogP contribution is 2.37. The summed E-state index contributed by atoms with van der Waals surface area (Å²) >= 11 is 0. The van der Waals surface area contributed by atoms with Crippen LogP contribution in [-0.2, 0) is 32.5 Å². The zero-order valence-electron chi connectivity index (χ0n) is 24.1. The summed E-state index contributed by atoms with van der Waals surface area (Å²) in [5.74, 6) is 1.31. The summed E-state index contributed by atoms with van der Waals surface area (Å²) in [6.45, 7) is 7.07. The van der Waals surface area contributed by atoms with Gasteiger partial charge in [-0.25, -0.2) is 4.98 Å². The van der Waals surface area contributed by atoms with Crippen LogP contribution >= 0.6 is 0 Å². The second-order valence-electron chi connectivity index (χ2n) is 10.6. The highest BCUT2D eigenvalue weighted by atomic mass is 19.4. The predicted octanol–water partition coefficient (Wildman–Crippen LogP) is 5.47. The summed E-state index contributed by atoms with van der Waals surface area (Å²) in [5, 5.41) is 13.8. The van der Waals surface area contributed by atoms with E-state index in [0.29, 0.717) is 12.5 Å². The molecule has 1 saturated carbocycles. The Morgan fingerprint density at radius 2 is 1.55 bits per heavy atom. The molecule has 4 rings (SSSR count). The van der Waals surface area contributed by atoms with Crippen LogP contribution in [0.3, 0.4) is 0 Å². The quantitative estimate of drug-likeness (QED) is 0.306. The van der Waals surface area contributed by atoms with Gasteiger partial charge in [-0.1, -0.05) is 30.1 Å². The van der Waals surface area contributed by atoms with Gasteiger partial charge >= 0.3 is 12.4 Å². The summed E-state index contributed by atoms with van der Waals surface area (Å²) in [7, 11) is 1.53. The SMILES string of the molecule is CC=c1cc(CN(Cc2cc(C(F)(F)F)cc(C(F)(F)F)c2)c2nnn(C)n2)c(N(CC)CC2CCCC2)nc1=CC. The van der Waals surface area contributed by atoms with E-state index < -0.39 is 23.5 Å². The lowest BCUT2D eigenvalue weighted by Gasteiger charge is -2.29. The van der Waals surface area contributed by atoms with Gasteiger partial charge in [-0.2, -0.15) is 31.1 Å². The summed E-state index contributed by atoms with van der Waals surface area (Å²) in [5.41, 5.74) is -2.18. The second-order valence-corrected chi connectivity index (χ2v) is 10.6. The molecular formula is C29H35F6N7. The van der Waals surface area contributed by atoms with Gasteiger partial charge in [0.1, 0.15) is 5.82 Å². The van der Waals surface area contributed by atoms with Crippen LogP contribution in [0.15, 0.2) is 24.3 Å². The van der Waals surface area contributed by atoms with E-state index >= 15 is 0 Å². The molecule has 2 aromatic heterocycles. The standard InChI is InChI=1S/C29H35F6N7/c1-5-21-14-22(26(36-25(21)6-2)41(7-3)16-19-10-8-9-11-19)18-42(27-37-39-40(4)38-27)17-20-12-23(28(30,31)32)15-24(13-20)29(33,34)35/h5-6,12-15,19H,7-11,16-18H2,1-4H3. The number of tetrazole rings is 1. The Kier molecular flexibility index (Phi) is 9.47. The second kappa shape index (κ2) is 12.7. The van der Waals surface area contributed by atoms with Crippen molar-refractivity contribution in [2.45, 2.75) is 71.9 Å². The number of rotatable bonds is 9. The number of nitrogens with zero attached hydrogens (tertiary/aromatic N) is 7. The van der Waals surface area contributed by atoms with Gasteiger partial charge in [0.2, 0.25) is 0 Å². The van der Waals surface area contributed by atoms with Crippen LogP contribution in [-0.4, -0.2) is 38.3 Å². The molecule has 0 N–H and O–H groups in total. The highest BCUT2D eigenvalue weighted by Gasteiger charge is 2.37. The first-order valence-electron chi connectivity index (χ1n) is 14.0. The van der Waals surface area contributed by atoms with E-state index in [1.807, 2.05) is 39.0 Å². The lowest BCUT2D eigenvalue weighted by atomic mass is 10.0. The lowest BCUT2D eigenvalue weighted by Crippen LogP contribution is -2.37. The largest absolute Gasteiger partial charge is 0.416 e. The molecule has 0 saturated heterocycles. The van der Waals surface area contributed by atoms with Crippen LogP contribution in [0.2, 0.25) is 0 Å². The molecule has 13 heteroatoms. The van der Waals surface area contributed by atoms with Crippen molar-refractivity contribution in [2.24, 2.45) is 13.0 Å². The fourth-order valence-corrected chi connectivity index (χ4v) is 5.43. The monoisotopic (exact) mass is 595 g/mol. The average Bonchev–Trinajstić information content (AvgIpc) is 3.61. The third-order valence-corrected chi connectivity index (χ3v) is 7.52. The third kappa shape index (κ3) is 7.40. The summed E-state index contributed by atoms with van der Waals surface area (Å²) in [6, 6.07) is 3.56. The summed E-state index contributed by atoms with van der Waals surface area (Å²) in [6.07, 6.45) is -1.46. The molecule has 0 aliphatic heterocycles. The predicted molar refractivity (Wildman–Crippen MR) is 149 cm³/mol. The zero-order valence-corrected chi connectivity index (χ0v) is 24.1.